The molecule has 0 bridgehead atoms. The van der Waals surface area contributed by atoms with Gasteiger partial charge in [0.1, 0.15) is 0 Å². The lowest BCUT2D eigenvalue weighted by molar-refractivity contribution is 0.554. The van der Waals surface area contributed by atoms with Crippen molar-refractivity contribution in [1.82, 2.24) is 10.0 Å². The van der Waals surface area contributed by atoms with Crippen LogP contribution in [0.25, 0.3) is 0 Å². The molecule has 4 nitrogen and oxygen atoms in total. The summed E-state index contributed by atoms with van der Waals surface area (Å²) in [5, 5.41) is 3.06. The first-order valence-electron chi connectivity index (χ1n) is 6.55. The summed E-state index contributed by atoms with van der Waals surface area (Å²) in [6.45, 7) is 4.95. The van der Waals surface area contributed by atoms with E-state index in [9.17, 15) is 8.42 Å². The summed E-state index contributed by atoms with van der Waals surface area (Å²) in [5.41, 5.74) is 2.09. The second kappa shape index (κ2) is 5.23. The standard InChI is InChI=1S/C14H22N2O2S/c1-14(2)8-13(14)16-19(17,18)10-12-6-4-11(5-7-12)9-15-3/h4-7,13,15-16H,8-10H2,1-3H3. The minimum atomic E-state index is -3.23. The fourth-order valence-electron chi connectivity index (χ4n) is 2.10. The van der Waals surface area contributed by atoms with E-state index in [1.165, 1.54) is 0 Å². The van der Waals surface area contributed by atoms with Crippen molar-refractivity contribution in [3.05, 3.63) is 35.4 Å². The quantitative estimate of drug-likeness (QED) is 0.833. The van der Waals surface area contributed by atoms with Gasteiger partial charge in [-0.2, -0.15) is 0 Å². The Morgan fingerprint density at radius 2 is 1.74 bits per heavy atom. The average molecular weight is 282 g/mol. The first kappa shape index (κ1) is 14.5. The van der Waals surface area contributed by atoms with E-state index in [1.807, 2.05) is 31.3 Å². The number of benzene rings is 1. The van der Waals surface area contributed by atoms with E-state index in [0.29, 0.717) is 0 Å². The summed E-state index contributed by atoms with van der Waals surface area (Å²) < 4.78 is 26.8. The molecule has 0 saturated heterocycles. The Labute approximate surface area is 115 Å². The van der Waals surface area contributed by atoms with Gasteiger partial charge in [0.15, 0.2) is 0 Å². The van der Waals surface area contributed by atoms with Gasteiger partial charge in [-0.05, 0) is 30.0 Å². The molecule has 0 spiro atoms. The molecule has 1 aromatic carbocycles. The number of hydrogen-bond donors (Lipinski definition) is 2. The van der Waals surface area contributed by atoms with Crippen LogP contribution >= 0.6 is 0 Å². The molecule has 0 radical (unpaired) electrons. The zero-order valence-electron chi connectivity index (χ0n) is 11.7. The molecule has 106 valence electrons. The highest BCUT2D eigenvalue weighted by Gasteiger charge is 2.47. The van der Waals surface area contributed by atoms with Gasteiger partial charge in [0.05, 0.1) is 5.75 Å². The first-order valence-corrected chi connectivity index (χ1v) is 8.20. The van der Waals surface area contributed by atoms with Crippen LogP contribution < -0.4 is 10.0 Å². The Morgan fingerprint density at radius 1 is 1.21 bits per heavy atom. The molecule has 1 aliphatic carbocycles. The predicted octanol–water partition coefficient (Wildman–Crippen LogP) is 1.62. The van der Waals surface area contributed by atoms with Crippen molar-refractivity contribution in [3.63, 3.8) is 0 Å². The van der Waals surface area contributed by atoms with Gasteiger partial charge in [-0.15, -0.1) is 0 Å². The highest BCUT2D eigenvalue weighted by atomic mass is 32.2. The molecule has 2 N–H and O–H groups in total. The molecule has 1 aliphatic rings. The third kappa shape index (κ3) is 4.03. The molecule has 1 unspecified atom stereocenters. The fourth-order valence-corrected chi connectivity index (χ4v) is 3.65. The summed E-state index contributed by atoms with van der Waals surface area (Å²) in [7, 11) is -1.34. The Morgan fingerprint density at radius 3 is 2.21 bits per heavy atom. The van der Waals surface area contributed by atoms with Gasteiger partial charge < -0.3 is 5.32 Å². The molecule has 19 heavy (non-hydrogen) atoms. The maximum absolute atomic E-state index is 12.0. The van der Waals surface area contributed by atoms with Crippen LogP contribution in [-0.2, 0) is 22.3 Å². The van der Waals surface area contributed by atoms with Crippen LogP contribution in [0.5, 0.6) is 0 Å². The van der Waals surface area contributed by atoms with Crippen LogP contribution in [0.2, 0.25) is 0 Å². The molecule has 0 heterocycles. The summed E-state index contributed by atoms with van der Waals surface area (Å²) in [6.07, 6.45) is 0.924. The van der Waals surface area contributed by atoms with Crippen molar-refractivity contribution in [2.24, 2.45) is 5.41 Å². The lowest BCUT2D eigenvalue weighted by Gasteiger charge is -2.09. The van der Waals surface area contributed by atoms with E-state index in [1.54, 1.807) is 0 Å². The molecule has 0 aromatic heterocycles. The fraction of sp³-hybridized carbons (Fsp3) is 0.571. The monoisotopic (exact) mass is 282 g/mol. The molecular formula is C14H22N2O2S. The summed E-state index contributed by atoms with van der Waals surface area (Å²) in [5.74, 6) is 0.0550. The molecule has 1 aromatic rings. The van der Waals surface area contributed by atoms with Crippen molar-refractivity contribution in [1.29, 1.82) is 0 Å². The maximum Gasteiger partial charge on any atom is 0.216 e. The SMILES string of the molecule is CNCc1ccc(CS(=O)(=O)NC2CC2(C)C)cc1. The number of hydrogen-bond acceptors (Lipinski definition) is 3. The van der Waals surface area contributed by atoms with E-state index in [0.717, 1.165) is 24.1 Å². The minimum absolute atomic E-state index is 0.0550. The molecular weight excluding hydrogens is 260 g/mol. The summed E-state index contributed by atoms with van der Waals surface area (Å²) >= 11 is 0. The van der Waals surface area contributed by atoms with Gasteiger partial charge in [-0.25, -0.2) is 13.1 Å². The third-order valence-electron chi connectivity index (χ3n) is 3.60. The van der Waals surface area contributed by atoms with Crippen molar-refractivity contribution in [2.75, 3.05) is 7.05 Å². The maximum atomic E-state index is 12.0. The van der Waals surface area contributed by atoms with E-state index >= 15 is 0 Å². The largest absolute Gasteiger partial charge is 0.316 e. The average Bonchev–Trinajstić information content (AvgIpc) is 2.87. The molecule has 1 saturated carbocycles. The zero-order chi connectivity index (χ0) is 14.1. The highest BCUT2D eigenvalue weighted by molar-refractivity contribution is 7.88. The Bertz CT molecular complexity index is 535. The van der Waals surface area contributed by atoms with Gasteiger partial charge in [-0.3, -0.25) is 0 Å². The molecule has 1 atom stereocenters. The topological polar surface area (TPSA) is 58.2 Å². The van der Waals surface area contributed by atoms with Crippen molar-refractivity contribution < 1.29 is 8.42 Å². The van der Waals surface area contributed by atoms with Crippen LogP contribution in [0, 0.1) is 5.41 Å². The normalized spacial score (nSPS) is 21.3. The van der Waals surface area contributed by atoms with E-state index < -0.39 is 10.0 Å². The lowest BCUT2D eigenvalue weighted by Crippen LogP contribution is -2.29. The summed E-state index contributed by atoms with van der Waals surface area (Å²) in [4.78, 5) is 0. The molecule has 5 heteroatoms. The van der Waals surface area contributed by atoms with E-state index in [4.69, 9.17) is 0 Å². The van der Waals surface area contributed by atoms with Gasteiger partial charge >= 0.3 is 0 Å². The molecule has 0 aliphatic heterocycles. The van der Waals surface area contributed by atoms with E-state index in [-0.39, 0.29) is 17.2 Å². The summed E-state index contributed by atoms with van der Waals surface area (Å²) in [6, 6.07) is 7.78. The van der Waals surface area contributed by atoms with Crippen LogP contribution in [0.15, 0.2) is 24.3 Å². The van der Waals surface area contributed by atoms with Crippen molar-refractivity contribution in [2.45, 2.75) is 38.6 Å². The lowest BCUT2D eigenvalue weighted by atomic mass is 10.1. The van der Waals surface area contributed by atoms with Gasteiger partial charge in [-0.1, -0.05) is 38.1 Å². The third-order valence-corrected chi connectivity index (χ3v) is 4.95. The zero-order valence-corrected chi connectivity index (χ0v) is 12.5. The first-order chi connectivity index (χ1) is 8.82. The Kier molecular flexibility index (Phi) is 3.99. The van der Waals surface area contributed by atoms with Crippen molar-refractivity contribution in [3.8, 4) is 0 Å². The number of sulfonamides is 1. The smallest absolute Gasteiger partial charge is 0.216 e. The van der Waals surface area contributed by atoms with Crippen LogP contribution in [0.1, 0.15) is 31.4 Å². The van der Waals surface area contributed by atoms with E-state index in [2.05, 4.69) is 23.9 Å². The highest BCUT2D eigenvalue weighted by Crippen LogP contribution is 2.45. The molecule has 2 rings (SSSR count). The minimum Gasteiger partial charge on any atom is -0.316 e. The van der Waals surface area contributed by atoms with Gasteiger partial charge in [0, 0.05) is 12.6 Å². The predicted molar refractivity (Wildman–Crippen MR) is 77.2 cm³/mol. The Hall–Kier alpha value is -0.910. The van der Waals surface area contributed by atoms with Crippen LogP contribution in [-0.4, -0.2) is 21.5 Å². The van der Waals surface area contributed by atoms with Crippen LogP contribution in [0.4, 0.5) is 0 Å². The number of rotatable bonds is 6. The van der Waals surface area contributed by atoms with Gasteiger partial charge in [0.25, 0.3) is 0 Å². The Balaban J connectivity index is 1.96. The number of nitrogens with one attached hydrogen (secondary N) is 2. The second-order valence-electron chi connectivity index (χ2n) is 5.97. The van der Waals surface area contributed by atoms with Crippen molar-refractivity contribution >= 4 is 10.0 Å². The molecule has 1 fully saturated rings. The molecule has 0 amide bonds. The second-order valence-corrected chi connectivity index (χ2v) is 7.72. The van der Waals surface area contributed by atoms with Gasteiger partial charge in [0.2, 0.25) is 10.0 Å². The van der Waals surface area contributed by atoms with Crippen LogP contribution in [0.3, 0.4) is 0 Å².